The van der Waals surface area contributed by atoms with Crippen molar-refractivity contribution in [3.8, 4) is 0 Å². The number of halogens is 1. The summed E-state index contributed by atoms with van der Waals surface area (Å²) in [5.74, 6) is 0. The molecule has 4 aromatic rings. The number of aromatic nitrogens is 4. The Morgan fingerprint density at radius 2 is 1.52 bits per heavy atom. The minimum Gasteiger partial charge on any atom is -0.407 e. The Balaban J connectivity index is 1.42. The summed E-state index contributed by atoms with van der Waals surface area (Å²) in [5, 5.41) is 8.40. The van der Waals surface area contributed by atoms with Crippen molar-refractivity contribution < 1.29 is 4.43 Å². The van der Waals surface area contributed by atoms with Crippen molar-refractivity contribution in [2.75, 3.05) is 6.61 Å². The Kier molecular flexibility index (Phi) is 7.27. The first-order valence-corrected chi connectivity index (χ1v) is 13.8. The van der Waals surface area contributed by atoms with Crippen LogP contribution in [-0.4, -0.2) is 34.7 Å². The van der Waals surface area contributed by atoms with Gasteiger partial charge in [0.2, 0.25) is 0 Å². The number of hydrogen-bond acceptors (Lipinski definition) is 4. The van der Waals surface area contributed by atoms with Gasteiger partial charge >= 0.3 is 0 Å². The second kappa shape index (κ2) is 10.2. The molecule has 0 radical (unpaired) electrons. The van der Waals surface area contributed by atoms with Crippen molar-refractivity contribution in [3.05, 3.63) is 78.3 Å². The van der Waals surface area contributed by atoms with E-state index in [9.17, 15) is 0 Å². The maximum absolute atomic E-state index is 6.96. The van der Waals surface area contributed by atoms with Crippen LogP contribution >= 0.6 is 11.6 Å². The van der Waals surface area contributed by atoms with E-state index < -0.39 is 8.32 Å². The van der Waals surface area contributed by atoms with Crippen LogP contribution in [0.4, 0.5) is 0 Å². The van der Waals surface area contributed by atoms with Crippen LogP contribution in [0.1, 0.15) is 40.0 Å². The first kappa shape index (κ1) is 23.6. The monoisotopic (exact) mass is 478 g/mol. The Hall–Kier alpha value is -2.54. The van der Waals surface area contributed by atoms with Gasteiger partial charge in [-0.15, -0.1) is 0 Å². The van der Waals surface area contributed by atoms with Crippen molar-refractivity contribution in [2.45, 2.75) is 51.6 Å². The number of benzene rings is 2. The molecule has 0 saturated carbocycles. The Morgan fingerprint density at radius 1 is 0.879 bits per heavy atom. The first-order chi connectivity index (χ1) is 15.9. The van der Waals surface area contributed by atoms with Gasteiger partial charge in [-0.25, -0.2) is 9.97 Å². The normalized spacial score (nSPS) is 12.4. The molecular weight excluding hydrogens is 448 g/mol. The zero-order chi connectivity index (χ0) is 23.3. The van der Waals surface area contributed by atoms with Crippen LogP contribution in [0.2, 0.25) is 10.2 Å². The van der Waals surface area contributed by atoms with E-state index in [2.05, 4.69) is 96.5 Å². The lowest BCUT2D eigenvalue weighted by Crippen LogP contribution is -2.66. The second-order valence-electron chi connectivity index (χ2n) is 9.37. The fraction of sp³-hybridized carbons (Fsp3) is 0.346. The summed E-state index contributed by atoms with van der Waals surface area (Å²) in [6.07, 6.45) is 6.46. The van der Waals surface area contributed by atoms with Crippen molar-refractivity contribution in [1.82, 2.24) is 19.7 Å². The molecule has 172 valence electrons. The van der Waals surface area contributed by atoms with E-state index in [0.29, 0.717) is 10.8 Å². The summed E-state index contributed by atoms with van der Waals surface area (Å²) >= 11 is 6.14. The van der Waals surface area contributed by atoms with Crippen LogP contribution in [0.25, 0.3) is 11.0 Å². The lowest BCUT2D eigenvalue weighted by molar-refractivity contribution is 0.285. The van der Waals surface area contributed by atoms with Gasteiger partial charge < -0.3 is 4.43 Å². The van der Waals surface area contributed by atoms with E-state index in [1.54, 1.807) is 0 Å². The molecule has 0 saturated heterocycles. The molecule has 0 spiro atoms. The maximum Gasteiger partial charge on any atom is 0.261 e. The second-order valence-corrected chi connectivity index (χ2v) is 14.0. The number of aryl methyl sites for hydroxylation is 1. The molecule has 2 aromatic carbocycles. The standard InChI is InChI=1S/C26H31ClN4OSi/c1-26(2,3)33(21-13-7-4-8-14-21,22-15-9-5-10-16-22)32-18-12-6-11-17-31-19-23-24(27)28-20-29-25(23)30-31/h4-5,7-10,13-16,19-20H,6,11-12,17-18H2,1-3H3. The molecule has 0 atom stereocenters. The molecule has 7 heteroatoms. The van der Waals surface area contributed by atoms with Gasteiger partial charge in [0.05, 0.1) is 5.39 Å². The highest BCUT2D eigenvalue weighted by atomic mass is 35.5. The third-order valence-electron chi connectivity index (χ3n) is 6.08. The van der Waals surface area contributed by atoms with Crippen molar-refractivity contribution in [2.24, 2.45) is 0 Å². The third-order valence-corrected chi connectivity index (χ3v) is 11.4. The first-order valence-electron chi connectivity index (χ1n) is 11.5. The summed E-state index contributed by atoms with van der Waals surface area (Å²) < 4.78 is 8.87. The van der Waals surface area contributed by atoms with Gasteiger partial charge in [0.1, 0.15) is 11.5 Å². The molecule has 0 unspecified atom stereocenters. The largest absolute Gasteiger partial charge is 0.407 e. The lowest BCUT2D eigenvalue weighted by Gasteiger charge is -2.43. The molecule has 0 fully saturated rings. The van der Waals surface area contributed by atoms with Crippen LogP contribution in [0.3, 0.4) is 0 Å². The highest BCUT2D eigenvalue weighted by molar-refractivity contribution is 6.99. The zero-order valence-corrected chi connectivity index (χ0v) is 21.3. The minimum absolute atomic E-state index is 0.00514. The molecule has 0 aliphatic carbocycles. The highest BCUT2D eigenvalue weighted by Gasteiger charge is 2.49. The van der Waals surface area contributed by atoms with Gasteiger partial charge in [-0.3, -0.25) is 4.68 Å². The molecule has 0 bridgehead atoms. The van der Waals surface area contributed by atoms with Gasteiger partial charge in [-0.05, 0) is 34.7 Å². The smallest absolute Gasteiger partial charge is 0.261 e. The van der Waals surface area contributed by atoms with Gasteiger partial charge in [-0.2, -0.15) is 5.10 Å². The summed E-state index contributed by atoms with van der Waals surface area (Å²) in [6, 6.07) is 21.6. The number of hydrogen-bond donors (Lipinski definition) is 0. The molecule has 2 aromatic heterocycles. The maximum atomic E-state index is 6.96. The topological polar surface area (TPSA) is 52.8 Å². The molecular formula is C26H31ClN4OSi. The average Bonchev–Trinajstić information content (AvgIpc) is 3.23. The minimum atomic E-state index is -2.45. The van der Waals surface area contributed by atoms with E-state index in [4.69, 9.17) is 16.0 Å². The van der Waals surface area contributed by atoms with E-state index in [1.807, 2.05) is 10.9 Å². The van der Waals surface area contributed by atoms with E-state index in [1.165, 1.54) is 16.7 Å². The van der Waals surface area contributed by atoms with E-state index in [-0.39, 0.29) is 5.04 Å². The molecule has 0 aliphatic heterocycles. The average molecular weight is 479 g/mol. The van der Waals surface area contributed by atoms with Crippen LogP contribution < -0.4 is 10.4 Å². The summed E-state index contributed by atoms with van der Waals surface area (Å²) in [7, 11) is -2.45. The van der Waals surface area contributed by atoms with Gasteiger partial charge in [-0.1, -0.05) is 93.0 Å². The van der Waals surface area contributed by atoms with Crippen molar-refractivity contribution in [1.29, 1.82) is 0 Å². The molecule has 0 N–H and O–H groups in total. The van der Waals surface area contributed by atoms with Gasteiger partial charge in [0.25, 0.3) is 8.32 Å². The Bertz CT molecular complexity index is 1140. The third kappa shape index (κ3) is 5.03. The highest BCUT2D eigenvalue weighted by Crippen LogP contribution is 2.36. The van der Waals surface area contributed by atoms with Gasteiger partial charge in [0.15, 0.2) is 5.65 Å². The van der Waals surface area contributed by atoms with Crippen LogP contribution in [0.15, 0.2) is 73.2 Å². The van der Waals surface area contributed by atoms with Crippen LogP contribution in [-0.2, 0) is 11.0 Å². The number of rotatable bonds is 9. The number of unbranched alkanes of at least 4 members (excludes halogenated alkanes) is 2. The van der Waals surface area contributed by atoms with Crippen molar-refractivity contribution in [3.63, 3.8) is 0 Å². The van der Waals surface area contributed by atoms with Gasteiger partial charge in [0, 0.05) is 19.3 Å². The fourth-order valence-corrected chi connectivity index (χ4v) is 9.29. The van der Waals surface area contributed by atoms with E-state index in [0.717, 1.165) is 37.8 Å². The predicted octanol–water partition coefficient (Wildman–Crippen LogP) is 5.23. The molecule has 0 amide bonds. The zero-order valence-electron chi connectivity index (χ0n) is 19.5. The molecule has 4 rings (SSSR count). The lowest BCUT2D eigenvalue weighted by atomic mass is 10.2. The number of nitrogens with zero attached hydrogens (tertiary/aromatic N) is 4. The molecule has 33 heavy (non-hydrogen) atoms. The fourth-order valence-electron chi connectivity index (χ4n) is 4.51. The Morgan fingerprint density at radius 3 is 2.09 bits per heavy atom. The van der Waals surface area contributed by atoms with E-state index >= 15 is 0 Å². The SMILES string of the molecule is CC(C)(C)[Si](OCCCCCn1cc2c(Cl)ncnc2n1)(c1ccccc1)c1ccccc1. The molecule has 0 aliphatic rings. The Labute approximate surface area is 201 Å². The van der Waals surface area contributed by atoms with Crippen molar-refractivity contribution >= 4 is 41.3 Å². The predicted molar refractivity (Wildman–Crippen MR) is 138 cm³/mol. The number of fused-ring (bicyclic) bond motifs is 1. The van der Waals surface area contributed by atoms with Crippen LogP contribution in [0, 0.1) is 0 Å². The molecule has 5 nitrogen and oxygen atoms in total. The molecule has 2 heterocycles. The summed E-state index contributed by atoms with van der Waals surface area (Å²) in [4.78, 5) is 8.21. The van der Waals surface area contributed by atoms with Crippen LogP contribution in [0.5, 0.6) is 0 Å². The summed E-state index contributed by atoms with van der Waals surface area (Å²) in [5.41, 5.74) is 0.644. The quantitative estimate of drug-likeness (QED) is 0.188. The summed E-state index contributed by atoms with van der Waals surface area (Å²) in [6.45, 7) is 8.51.